The van der Waals surface area contributed by atoms with Crippen LogP contribution in [-0.2, 0) is 9.53 Å². The van der Waals surface area contributed by atoms with E-state index in [0.29, 0.717) is 6.42 Å². The van der Waals surface area contributed by atoms with Gasteiger partial charge in [-0.1, -0.05) is 70.6 Å². The maximum Gasteiger partial charge on any atom is 0.305 e. The molecule has 0 amide bonds. The molecule has 0 saturated heterocycles. The zero-order valence-corrected chi connectivity index (χ0v) is 12.1. The molecule has 0 aliphatic heterocycles. The fraction of sp³-hybridized carbons (Fsp3) is 0.938. The molecule has 1 saturated carbocycles. The maximum atomic E-state index is 11.2. The molecule has 0 bridgehead atoms. The van der Waals surface area contributed by atoms with E-state index in [4.69, 9.17) is 4.74 Å². The predicted molar refractivity (Wildman–Crippen MR) is 75.5 cm³/mol. The average molecular weight is 254 g/mol. The second kappa shape index (κ2) is 10.4. The average Bonchev–Trinajstić information content (AvgIpc) is 2.37. The van der Waals surface area contributed by atoms with Crippen LogP contribution in [0.25, 0.3) is 0 Å². The van der Waals surface area contributed by atoms with Crippen LogP contribution in [0.15, 0.2) is 0 Å². The van der Waals surface area contributed by atoms with Crippen molar-refractivity contribution >= 4 is 5.97 Å². The van der Waals surface area contributed by atoms with Crippen LogP contribution in [0.4, 0.5) is 0 Å². The molecule has 0 N–H and O–H groups in total. The van der Waals surface area contributed by atoms with Gasteiger partial charge in [0.1, 0.15) is 0 Å². The number of rotatable bonds is 3. The highest BCUT2D eigenvalue weighted by Gasteiger charge is 2.12. The number of carbonyl (C=O) groups is 1. The molecule has 0 heterocycles. The van der Waals surface area contributed by atoms with Crippen molar-refractivity contribution in [3.05, 3.63) is 0 Å². The summed E-state index contributed by atoms with van der Waals surface area (Å²) in [5.74, 6) is 0.713. The van der Waals surface area contributed by atoms with Crippen molar-refractivity contribution in [3.63, 3.8) is 0 Å². The Morgan fingerprint density at radius 1 is 0.889 bits per heavy atom. The lowest BCUT2D eigenvalue weighted by Gasteiger charge is -2.17. The third kappa shape index (κ3) is 7.73. The Morgan fingerprint density at radius 2 is 1.33 bits per heavy atom. The lowest BCUT2D eigenvalue weighted by atomic mass is 9.89. The second-order valence-electron chi connectivity index (χ2n) is 5.74. The van der Waals surface area contributed by atoms with Crippen LogP contribution in [0.5, 0.6) is 0 Å². The molecule has 1 fully saturated rings. The standard InChI is InChI=1S/C16H30O2/c1-18-16(17)14-13-15-11-9-7-5-3-2-4-6-8-10-12-15/h15H,2-14H2,1H3. The summed E-state index contributed by atoms with van der Waals surface area (Å²) < 4.78 is 4.74. The predicted octanol–water partition coefficient (Wildman–Crippen LogP) is 4.86. The molecule has 2 nitrogen and oxygen atoms in total. The summed E-state index contributed by atoms with van der Waals surface area (Å²) in [6.45, 7) is 0. The van der Waals surface area contributed by atoms with E-state index < -0.39 is 0 Å². The molecule has 1 rings (SSSR count). The van der Waals surface area contributed by atoms with Crippen LogP contribution in [0, 0.1) is 5.92 Å². The van der Waals surface area contributed by atoms with E-state index in [2.05, 4.69) is 0 Å². The van der Waals surface area contributed by atoms with Gasteiger partial charge in [-0.2, -0.15) is 0 Å². The number of carbonyl (C=O) groups excluding carboxylic acids is 1. The Morgan fingerprint density at radius 3 is 1.78 bits per heavy atom. The van der Waals surface area contributed by atoms with Crippen molar-refractivity contribution in [2.75, 3.05) is 7.11 Å². The molecule has 1 aliphatic rings. The van der Waals surface area contributed by atoms with Gasteiger partial charge in [0.15, 0.2) is 0 Å². The highest BCUT2D eigenvalue weighted by molar-refractivity contribution is 5.69. The zero-order valence-electron chi connectivity index (χ0n) is 12.1. The molecule has 0 atom stereocenters. The van der Waals surface area contributed by atoms with Crippen LogP contribution >= 0.6 is 0 Å². The van der Waals surface area contributed by atoms with E-state index in [9.17, 15) is 4.79 Å². The van der Waals surface area contributed by atoms with Crippen molar-refractivity contribution in [2.45, 2.75) is 83.5 Å². The van der Waals surface area contributed by atoms with Gasteiger partial charge in [0, 0.05) is 6.42 Å². The van der Waals surface area contributed by atoms with Crippen molar-refractivity contribution in [1.29, 1.82) is 0 Å². The number of ether oxygens (including phenoxy) is 1. The Labute approximate surface area is 112 Å². The molecule has 0 aromatic heterocycles. The zero-order chi connectivity index (χ0) is 13.1. The van der Waals surface area contributed by atoms with E-state index in [1.807, 2.05) is 0 Å². The number of methoxy groups -OCH3 is 1. The quantitative estimate of drug-likeness (QED) is 0.672. The van der Waals surface area contributed by atoms with Gasteiger partial charge in [-0.25, -0.2) is 0 Å². The van der Waals surface area contributed by atoms with E-state index in [0.717, 1.165) is 12.3 Å². The van der Waals surface area contributed by atoms with Crippen molar-refractivity contribution in [1.82, 2.24) is 0 Å². The number of hydrogen-bond acceptors (Lipinski definition) is 2. The van der Waals surface area contributed by atoms with Gasteiger partial charge in [0.25, 0.3) is 0 Å². The normalized spacial score (nSPS) is 20.7. The third-order valence-electron chi connectivity index (χ3n) is 4.21. The Kier molecular flexibility index (Phi) is 8.97. The van der Waals surface area contributed by atoms with Crippen LogP contribution in [-0.4, -0.2) is 13.1 Å². The monoisotopic (exact) mass is 254 g/mol. The van der Waals surface area contributed by atoms with Crippen molar-refractivity contribution < 1.29 is 9.53 Å². The number of esters is 1. The van der Waals surface area contributed by atoms with Gasteiger partial charge in [-0.05, 0) is 12.3 Å². The summed E-state index contributed by atoms with van der Waals surface area (Å²) >= 11 is 0. The molecule has 106 valence electrons. The first kappa shape index (κ1) is 15.5. The van der Waals surface area contributed by atoms with Crippen LogP contribution in [0.1, 0.15) is 83.5 Å². The molecule has 2 heteroatoms. The van der Waals surface area contributed by atoms with Gasteiger partial charge >= 0.3 is 5.97 Å². The van der Waals surface area contributed by atoms with Gasteiger partial charge in [0.05, 0.1) is 7.11 Å². The van der Waals surface area contributed by atoms with Crippen molar-refractivity contribution in [2.24, 2.45) is 5.92 Å². The highest BCUT2D eigenvalue weighted by atomic mass is 16.5. The van der Waals surface area contributed by atoms with Crippen LogP contribution in [0.3, 0.4) is 0 Å². The fourth-order valence-corrected chi connectivity index (χ4v) is 2.96. The largest absolute Gasteiger partial charge is 0.469 e. The number of hydrogen-bond donors (Lipinski definition) is 0. The highest BCUT2D eigenvalue weighted by Crippen LogP contribution is 2.24. The minimum atomic E-state index is -0.0406. The van der Waals surface area contributed by atoms with Crippen molar-refractivity contribution in [3.8, 4) is 0 Å². The summed E-state index contributed by atoms with van der Waals surface area (Å²) in [5.41, 5.74) is 0. The topological polar surface area (TPSA) is 26.3 Å². The minimum absolute atomic E-state index is 0.0406. The summed E-state index contributed by atoms with van der Waals surface area (Å²) in [6.07, 6.45) is 16.8. The summed E-state index contributed by atoms with van der Waals surface area (Å²) in [5, 5.41) is 0. The van der Waals surface area contributed by atoms with E-state index in [1.165, 1.54) is 77.7 Å². The molecule has 0 radical (unpaired) electrons. The van der Waals surface area contributed by atoms with E-state index in [1.54, 1.807) is 0 Å². The van der Waals surface area contributed by atoms with E-state index in [-0.39, 0.29) is 5.97 Å². The first-order chi connectivity index (χ1) is 8.83. The molecule has 0 aromatic rings. The molecule has 0 spiro atoms. The molecule has 0 unspecified atom stereocenters. The Hall–Kier alpha value is -0.530. The summed E-state index contributed by atoms with van der Waals surface area (Å²) in [7, 11) is 1.49. The first-order valence-corrected chi connectivity index (χ1v) is 7.89. The van der Waals surface area contributed by atoms with E-state index >= 15 is 0 Å². The minimum Gasteiger partial charge on any atom is -0.469 e. The third-order valence-corrected chi connectivity index (χ3v) is 4.21. The smallest absolute Gasteiger partial charge is 0.305 e. The molecule has 18 heavy (non-hydrogen) atoms. The SMILES string of the molecule is COC(=O)CCC1CCCCCCCCCCC1. The maximum absolute atomic E-state index is 11.2. The molecular formula is C16H30O2. The van der Waals surface area contributed by atoms with Gasteiger partial charge in [-0.15, -0.1) is 0 Å². The van der Waals surface area contributed by atoms with Crippen LogP contribution < -0.4 is 0 Å². The molecule has 0 aromatic carbocycles. The molecular weight excluding hydrogens is 224 g/mol. The Bertz CT molecular complexity index is 201. The molecule has 1 aliphatic carbocycles. The van der Waals surface area contributed by atoms with Crippen LogP contribution in [0.2, 0.25) is 0 Å². The lowest BCUT2D eigenvalue weighted by molar-refractivity contribution is -0.141. The summed E-state index contributed by atoms with van der Waals surface area (Å²) in [4.78, 5) is 11.2. The summed E-state index contributed by atoms with van der Waals surface area (Å²) in [6, 6.07) is 0. The van der Waals surface area contributed by atoms with Gasteiger partial charge in [-0.3, -0.25) is 4.79 Å². The fourth-order valence-electron chi connectivity index (χ4n) is 2.96. The first-order valence-electron chi connectivity index (χ1n) is 7.89. The van der Waals surface area contributed by atoms with Gasteiger partial charge < -0.3 is 4.74 Å². The van der Waals surface area contributed by atoms with Gasteiger partial charge in [0.2, 0.25) is 0 Å². The lowest BCUT2D eigenvalue weighted by Crippen LogP contribution is -2.07. The Balaban J connectivity index is 2.25. The second-order valence-corrected chi connectivity index (χ2v) is 5.74.